The van der Waals surface area contributed by atoms with Crippen LogP contribution in [0.25, 0.3) is 16.3 Å². The fourth-order valence-corrected chi connectivity index (χ4v) is 3.65. The fraction of sp³-hybridized carbons (Fsp3) is 0.250. The molecule has 0 saturated carbocycles. The maximum absolute atomic E-state index is 11.7. The molecule has 1 nitrogen and oxygen atoms in total. The van der Waals surface area contributed by atoms with Crippen molar-refractivity contribution in [3.8, 4) is 0 Å². The number of fused-ring (bicyclic) bond motifs is 4. The third kappa shape index (κ3) is 1.96. The highest BCUT2D eigenvalue weighted by molar-refractivity contribution is 6.01. The summed E-state index contributed by atoms with van der Waals surface area (Å²) in [4.78, 5) is 11.7. The quantitative estimate of drug-likeness (QED) is 0.662. The molecule has 0 fully saturated rings. The Morgan fingerprint density at radius 2 is 1.90 bits per heavy atom. The van der Waals surface area contributed by atoms with E-state index in [0.29, 0.717) is 0 Å². The highest BCUT2D eigenvalue weighted by Gasteiger charge is 2.20. The molecule has 4 rings (SSSR count). The van der Waals surface area contributed by atoms with Crippen LogP contribution in [0.5, 0.6) is 0 Å². The number of allylic oxidation sites excluding steroid dienone is 4. The first-order valence-electron chi connectivity index (χ1n) is 7.69. The molecule has 2 aliphatic rings. The highest BCUT2D eigenvalue weighted by atomic mass is 16.1. The minimum atomic E-state index is 0.141. The van der Waals surface area contributed by atoms with Crippen molar-refractivity contribution >= 4 is 22.1 Å². The van der Waals surface area contributed by atoms with Crippen LogP contribution in [-0.4, -0.2) is 5.78 Å². The SMILES string of the molecule is CC(=O)c1ccc2ccc3c(c2c1)CCC1=C3C=CCC1. The van der Waals surface area contributed by atoms with Crippen LogP contribution in [0.2, 0.25) is 0 Å². The zero-order valence-electron chi connectivity index (χ0n) is 12.3. The normalized spacial score (nSPS) is 16.8. The van der Waals surface area contributed by atoms with Gasteiger partial charge in [0.1, 0.15) is 0 Å². The first-order chi connectivity index (χ1) is 10.2. The monoisotopic (exact) mass is 274 g/mol. The van der Waals surface area contributed by atoms with Gasteiger partial charge in [-0.1, -0.05) is 42.0 Å². The molecule has 1 heteroatoms. The van der Waals surface area contributed by atoms with E-state index in [2.05, 4.69) is 36.4 Å². The number of carbonyl (C=O) groups is 1. The summed E-state index contributed by atoms with van der Waals surface area (Å²) in [5.41, 5.74) is 6.64. The summed E-state index contributed by atoms with van der Waals surface area (Å²) in [5.74, 6) is 0.141. The van der Waals surface area contributed by atoms with Gasteiger partial charge in [-0.25, -0.2) is 0 Å². The third-order valence-corrected chi connectivity index (χ3v) is 4.78. The minimum absolute atomic E-state index is 0.141. The number of Topliss-reactive ketones (excluding diaryl/α,β-unsaturated/α-hetero) is 1. The van der Waals surface area contributed by atoms with E-state index in [-0.39, 0.29) is 5.78 Å². The van der Waals surface area contributed by atoms with Gasteiger partial charge in [-0.3, -0.25) is 4.79 Å². The van der Waals surface area contributed by atoms with E-state index in [1.54, 1.807) is 12.5 Å². The van der Waals surface area contributed by atoms with Gasteiger partial charge in [0.15, 0.2) is 5.78 Å². The summed E-state index contributed by atoms with van der Waals surface area (Å²) >= 11 is 0. The molecule has 0 aromatic heterocycles. The molecular formula is C20H18O. The molecule has 0 unspecified atom stereocenters. The van der Waals surface area contributed by atoms with Crippen molar-refractivity contribution in [3.05, 3.63) is 64.7 Å². The summed E-state index contributed by atoms with van der Waals surface area (Å²) in [5, 5.41) is 2.49. The van der Waals surface area contributed by atoms with E-state index in [0.717, 1.165) is 18.4 Å². The van der Waals surface area contributed by atoms with E-state index < -0.39 is 0 Å². The molecule has 0 aliphatic heterocycles. The van der Waals surface area contributed by atoms with Crippen LogP contribution >= 0.6 is 0 Å². The number of hydrogen-bond donors (Lipinski definition) is 0. The molecule has 0 saturated heterocycles. The molecule has 21 heavy (non-hydrogen) atoms. The Balaban J connectivity index is 1.99. The van der Waals surface area contributed by atoms with Crippen molar-refractivity contribution in [2.45, 2.75) is 32.6 Å². The van der Waals surface area contributed by atoms with Gasteiger partial charge in [0.25, 0.3) is 0 Å². The van der Waals surface area contributed by atoms with Crippen LogP contribution in [0.15, 0.2) is 48.1 Å². The number of hydrogen-bond acceptors (Lipinski definition) is 1. The zero-order chi connectivity index (χ0) is 14.4. The van der Waals surface area contributed by atoms with Gasteiger partial charge in [-0.05, 0) is 66.1 Å². The fourth-order valence-electron chi connectivity index (χ4n) is 3.65. The lowest BCUT2D eigenvalue weighted by Gasteiger charge is -2.25. The second-order valence-corrected chi connectivity index (χ2v) is 6.04. The summed E-state index contributed by atoms with van der Waals surface area (Å²) in [6.07, 6.45) is 9.21. The van der Waals surface area contributed by atoms with Gasteiger partial charge in [-0.15, -0.1) is 0 Å². The van der Waals surface area contributed by atoms with Crippen molar-refractivity contribution in [1.82, 2.24) is 0 Å². The summed E-state index contributed by atoms with van der Waals surface area (Å²) in [7, 11) is 0. The molecule has 0 radical (unpaired) electrons. The van der Waals surface area contributed by atoms with E-state index in [1.807, 2.05) is 6.07 Å². The Bertz CT molecular complexity index is 821. The van der Waals surface area contributed by atoms with E-state index >= 15 is 0 Å². The van der Waals surface area contributed by atoms with Gasteiger partial charge < -0.3 is 0 Å². The van der Waals surface area contributed by atoms with Gasteiger partial charge in [0, 0.05) is 5.56 Å². The molecule has 0 amide bonds. The maximum Gasteiger partial charge on any atom is 0.159 e. The first-order valence-corrected chi connectivity index (χ1v) is 7.69. The number of rotatable bonds is 1. The maximum atomic E-state index is 11.7. The predicted molar refractivity (Wildman–Crippen MR) is 87.6 cm³/mol. The standard InChI is InChI=1S/C20H18O/c1-13(21)16-7-6-15-9-10-18-17-5-3-2-4-14(17)8-11-19(18)20(15)12-16/h3,5-7,9-10,12H,2,4,8,11H2,1H3. The van der Waals surface area contributed by atoms with Crippen LogP contribution in [0.1, 0.15) is 47.7 Å². The average molecular weight is 274 g/mol. The van der Waals surface area contributed by atoms with Crippen LogP contribution in [0.4, 0.5) is 0 Å². The van der Waals surface area contributed by atoms with Crippen molar-refractivity contribution in [3.63, 3.8) is 0 Å². The molecule has 0 spiro atoms. The van der Waals surface area contributed by atoms with Crippen molar-refractivity contribution in [2.24, 2.45) is 0 Å². The Morgan fingerprint density at radius 1 is 1.05 bits per heavy atom. The molecule has 0 atom stereocenters. The van der Waals surface area contributed by atoms with Crippen molar-refractivity contribution in [2.75, 3.05) is 0 Å². The van der Waals surface area contributed by atoms with E-state index in [1.165, 1.54) is 40.3 Å². The van der Waals surface area contributed by atoms with Crippen molar-refractivity contribution in [1.29, 1.82) is 0 Å². The van der Waals surface area contributed by atoms with Crippen LogP contribution in [0, 0.1) is 0 Å². The van der Waals surface area contributed by atoms with E-state index in [4.69, 9.17) is 0 Å². The summed E-state index contributed by atoms with van der Waals surface area (Å²) in [6, 6.07) is 10.5. The molecule has 104 valence electrons. The number of carbonyl (C=O) groups excluding carboxylic acids is 1. The smallest absolute Gasteiger partial charge is 0.159 e. The second-order valence-electron chi connectivity index (χ2n) is 6.04. The lowest BCUT2D eigenvalue weighted by atomic mass is 9.79. The predicted octanol–water partition coefficient (Wildman–Crippen LogP) is 5.09. The summed E-state index contributed by atoms with van der Waals surface area (Å²) < 4.78 is 0. The zero-order valence-corrected chi connectivity index (χ0v) is 12.3. The van der Waals surface area contributed by atoms with Gasteiger partial charge in [0.05, 0.1) is 0 Å². The van der Waals surface area contributed by atoms with E-state index in [9.17, 15) is 4.79 Å². The van der Waals surface area contributed by atoms with Crippen LogP contribution < -0.4 is 0 Å². The molecular weight excluding hydrogens is 256 g/mol. The summed E-state index contributed by atoms with van der Waals surface area (Å²) in [6.45, 7) is 1.64. The number of benzene rings is 2. The molecule has 0 bridgehead atoms. The molecule has 2 aromatic carbocycles. The lowest BCUT2D eigenvalue weighted by molar-refractivity contribution is 0.101. The molecule has 2 aromatic rings. The van der Waals surface area contributed by atoms with Crippen molar-refractivity contribution < 1.29 is 4.79 Å². The molecule has 0 N–H and O–H groups in total. The van der Waals surface area contributed by atoms with Crippen LogP contribution in [-0.2, 0) is 6.42 Å². The lowest BCUT2D eigenvalue weighted by Crippen LogP contribution is -2.07. The minimum Gasteiger partial charge on any atom is -0.295 e. The van der Waals surface area contributed by atoms with Crippen LogP contribution in [0.3, 0.4) is 0 Å². The third-order valence-electron chi connectivity index (χ3n) is 4.78. The Hall–Kier alpha value is -2.15. The number of aryl methyl sites for hydroxylation is 1. The Morgan fingerprint density at radius 3 is 2.76 bits per heavy atom. The molecule has 0 heterocycles. The van der Waals surface area contributed by atoms with Gasteiger partial charge in [-0.2, -0.15) is 0 Å². The molecule has 2 aliphatic carbocycles. The highest BCUT2D eigenvalue weighted by Crippen LogP contribution is 2.39. The Kier molecular flexibility index (Phi) is 2.81. The topological polar surface area (TPSA) is 17.1 Å². The van der Waals surface area contributed by atoms with Gasteiger partial charge >= 0.3 is 0 Å². The largest absolute Gasteiger partial charge is 0.295 e. The number of ketones is 1. The Labute approximate surface area is 125 Å². The first kappa shape index (κ1) is 12.6. The second kappa shape index (κ2) is 4.70. The average Bonchev–Trinajstić information content (AvgIpc) is 2.53. The van der Waals surface area contributed by atoms with Gasteiger partial charge in [0.2, 0.25) is 0 Å².